The minimum Gasteiger partial charge on any atom is -0.370 e. The molecule has 0 aliphatic carbocycles. The van der Waals surface area contributed by atoms with Gasteiger partial charge in [0.15, 0.2) is 5.96 Å². The molecule has 7 nitrogen and oxygen atoms in total. The van der Waals surface area contributed by atoms with Crippen molar-refractivity contribution in [2.45, 2.75) is 46.1 Å². The molecule has 1 atom stereocenters. The van der Waals surface area contributed by atoms with Crippen molar-refractivity contribution in [1.82, 2.24) is 20.0 Å². The monoisotopic (exact) mass is 334 g/mol. The Labute approximate surface area is 144 Å². The Morgan fingerprint density at radius 3 is 2.92 bits per heavy atom. The predicted octanol–water partition coefficient (Wildman–Crippen LogP) is 1.05. The van der Waals surface area contributed by atoms with E-state index in [1.807, 2.05) is 11.6 Å². The second-order valence-corrected chi connectivity index (χ2v) is 6.60. The molecule has 0 radical (unpaired) electrons. The molecule has 1 amide bonds. The summed E-state index contributed by atoms with van der Waals surface area (Å²) in [5.41, 5.74) is 7.59. The van der Waals surface area contributed by atoms with Crippen LogP contribution in [0, 0.1) is 19.8 Å². The van der Waals surface area contributed by atoms with Gasteiger partial charge in [0.1, 0.15) is 0 Å². The number of likely N-dealkylation sites (tertiary alicyclic amines) is 1. The first-order chi connectivity index (χ1) is 11.5. The smallest absolute Gasteiger partial charge is 0.217 e. The summed E-state index contributed by atoms with van der Waals surface area (Å²) in [6.45, 7) is 7.67. The molecule has 24 heavy (non-hydrogen) atoms. The largest absolute Gasteiger partial charge is 0.370 e. The zero-order chi connectivity index (χ0) is 17.5. The zero-order valence-electron chi connectivity index (χ0n) is 15.1. The van der Waals surface area contributed by atoms with Gasteiger partial charge in [0.2, 0.25) is 5.91 Å². The number of amides is 1. The van der Waals surface area contributed by atoms with Gasteiger partial charge in [0.05, 0.1) is 5.69 Å². The van der Waals surface area contributed by atoms with Gasteiger partial charge in [-0.15, -0.1) is 0 Å². The third kappa shape index (κ3) is 5.25. The van der Waals surface area contributed by atoms with E-state index in [2.05, 4.69) is 33.3 Å². The van der Waals surface area contributed by atoms with Crippen LogP contribution >= 0.6 is 0 Å². The van der Waals surface area contributed by atoms with Crippen LogP contribution < -0.4 is 11.1 Å². The van der Waals surface area contributed by atoms with Crippen LogP contribution in [0.1, 0.15) is 37.1 Å². The van der Waals surface area contributed by atoms with Crippen molar-refractivity contribution >= 4 is 11.9 Å². The molecule has 1 fully saturated rings. The third-order valence-corrected chi connectivity index (χ3v) is 4.45. The fourth-order valence-corrected chi connectivity index (χ4v) is 3.37. The molecule has 7 heteroatoms. The molecule has 1 unspecified atom stereocenters. The summed E-state index contributed by atoms with van der Waals surface area (Å²) in [5, 5.41) is 7.91. The molecule has 1 saturated heterocycles. The number of nitrogens with zero attached hydrogens (tertiary/aromatic N) is 4. The van der Waals surface area contributed by atoms with Crippen molar-refractivity contribution < 1.29 is 4.79 Å². The lowest BCUT2D eigenvalue weighted by Gasteiger charge is -2.34. The highest BCUT2D eigenvalue weighted by Crippen LogP contribution is 2.19. The highest BCUT2D eigenvalue weighted by atomic mass is 16.1. The summed E-state index contributed by atoms with van der Waals surface area (Å²) < 4.78 is 2.05. The van der Waals surface area contributed by atoms with E-state index in [4.69, 9.17) is 5.73 Å². The number of rotatable bonds is 6. The summed E-state index contributed by atoms with van der Waals surface area (Å²) in [5.74, 6) is 1.04. The summed E-state index contributed by atoms with van der Waals surface area (Å²) >= 11 is 0. The second kappa shape index (κ2) is 8.70. The molecule has 0 spiro atoms. The maximum absolute atomic E-state index is 11.1. The topological polar surface area (TPSA) is 88.5 Å². The molecule has 0 aromatic carbocycles. The van der Waals surface area contributed by atoms with E-state index in [0.29, 0.717) is 12.3 Å². The lowest BCUT2D eigenvalue weighted by atomic mass is 9.95. The van der Waals surface area contributed by atoms with Crippen LogP contribution in [0.15, 0.2) is 11.1 Å². The van der Waals surface area contributed by atoms with Crippen LogP contribution in [0.4, 0.5) is 0 Å². The van der Waals surface area contributed by atoms with E-state index in [1.54, 1.807) is 7.05 Å². The van der Waals surface area contributed by atoms with Crippen molar-refractivity contribution in [3.8, 4) is 0 Å². The Hall–Kier alpha value is -2.05. The summed E-state index contributed by atoms with van der Waals surface area (Å²) in [6, 6.07) is 2.10. The standard InChI is InChI=1S/C17H30N6O/c1-13-10-14(2)23(21-13)9-5-7-20-17(19-3)22-8-4-6-15(12-22)11-16(18)24/h10,15H,4-9,11-12H2,1-3H3,(H2,18,24)(H,19,20). The molecule has 134 valence electrons. The quantitative estimate of drug-likeness (QED) is 0.462. The van der Waals surface area contributed by atoms with Gasteiger partial charge in [0.25, 0.3) is 0 Å². The van der Waals surface area contributed by atoms with Crippen molar-refractivity contribution in [2.75, 3.05) is 26.7 Å². The summed E-state index contributed by atoms with van der Waals surface area (Å²) in [7, 11) is 1.81. The van der Waals surface area contributed by atoms with E-state index >= 15 is 0 Å². The van der Waals surface area contributed by atoms with Crippen molar-refractivity contribution in [1.29, 1.82) is 0 Å². The number of aliphatic imine (C=N–C) groups is 1. The Morgan fingerprint density at radius 1 is 1.50 bits per heavy atom. The highest BCUT2D eigenvalue weighted by Gasteiger charge is 2.23. The molecule has 0 bridgehead atoms. The van der Waals surface area contributed by atoms with Crippen LogP contribution in [0.3, 0.4) is 0 Å². The predicted molar refractivity (Wildman–Crippen MR) is 95.8 cm³/mol. The molecular weight excluding hydrogens is 304 g/mol. The molecule has 2 rings (SSSR count). The average molecular weight is 334 g/mol. The van der Waals surface area contributed by atoms with Crippen molar-refractivity contribution in [2.24, 2.45) is 16.6 Å². The summed E-state index contributed by atoms with van der Waals surface area (Å²) in [6.07, 6.45) is 3.59. The Balaban J connectivity index is 1.77. The first-order valence-corrected chi connectivity index (χ1v) is 8.74. The Morgan fingerprint density at radius 2 is 2.29 bits per heavy atom. The first-order valence-electron chi connectivity index (χ1n) is 8.74. The van der Waals surface area contributed by atoms with E-state index in [-0.39, 0.29) is 5.91 Å². The maximum atomic E-state index is 11.1. The lowest BCUT2D eigenvalue weighted by molar-refractivity contribution is -0.119. The van der Waals surface area contributed by atoms with Gasteiger partial charge >= 0.3 is 0 Å². The van der Waals surface area contributed by atoms with Gasteiger partial charge in [-0.2, -0.15) is 5.10 Å². The van der Waals surface area contributed by atoms with E-state index in [0.717, 1.165) is 57.1 Å². The first kappa shape index (κ1) is 18.3. The number of primary amides is 1. The number of nitrogens with one attached hydrogen (secondary N) is 1. The minimum absolute atomic E-state index is 0.213. The molecule has 0 saturated carbocycles. The number of nitrogens with two attached hydrogens (primary N) is 1. The van der Waals surface area contributed by atoms with Crippen LogP contribution in [-0.4, -0.2) is 53.2 Å². The van der Waals surface area contributed by atoms with Gasteiger partial charge in [-0.05, 0) is 45.1 Å². The van der Waals surface area contributed by atoms with E-state index in [1.165, 1.54) is 5.69 Å². The highest BCUT2D eigenvalue weighted by molar-refractivity contribution is 5.80. The number of hydrogen-bond donors (Lipinski definition) is 2. The molecule has 1 aromatic rings. The maximum Gasteiger partial charge on any atom is 0.217 e. The number of hydrogen-bond acceptors (Lipinski definition) is 3. The van der Waals surface area contributed by atoms with Crippen molar-refractivity contribution in [3.05, 3.63) is 17.5 Å². The minimum atomic E-state index is -0.213. The van der Waals surface area contributed by atoms with Gasteiger partial charge in [-0.25, -0.2) is 0 Å². The van der Waals surface area contributed by atoms with E-state index in [9.17, 15) is 4.79 Å². The number of carbonyl (C=O) groups excluding carboxylic acids is 1. The van der Waals surface area contributed by atoms with Crippen LogP contribution in [0.5, 0.6) is 0 Å². The van der Waals surface area contributed by atoms with Crippen molar-refractivity contribution in [3.63, 3.8) is 0 Å². The lowest BCUT2D eigenvalue weighted by Crippen LogP contribution is -2.47. The summed E-state index contributed by atoms with van der Waals surface area (Å²) in [4.78, 5) is 17.8. The number of piperidine rings is 1. The molecule has 1 aliphatic heterocycles. The Kier molecular flexibility index (Phi) is 6.63. The number of aryl methyl sites for hydroxylation is 3. The van der Waals surface area contributed by atoms with Gasteiger partial charge in [-0.1, -0.05) is 0 Å². The SMILES string of the molecule is CN=C(NCCCn1nc(C)cc1C)N1CCCC(CC(N)=O)C1. The molecule has 1 aliphatic rings. The van der Waals surface area contributed by atoms with Crippen LogP contribution in [0.2, 0.25) is 0 Å². The molecular formula is C17H30N6O. The molecule has 2 heterocycles. The zero-order valence-corrected chi connectivity index (χ0v) is 15.1. The van der Waals surface area contributed by atoms with Crippen LogP contribution in [0.25, 0.3) is 0 Å². The van der Waals surface area contributed by atoms with Crippen LogP contribution in [-0.2, 0) is 11.3 Å². The Bertz CT molecular complexity index is 580. The second-order valence-electron chi connectivity index (χ2n) is 6.60. The van der Waals surface area contributed by atoms with E-state index < -0.39 is 0 Å². The fraction of sp³-hybridized carbons (Fsp3) is 0.706. The molecule has 1 aromatic heterocycles. The number of guanidine groups is 1. The normalized spacial score (nSPS) is 18.7. The third-order valence-electron chi connectivity index (χ3n) is 4.45. The number of aromatic nitrogens is 2. The fourth-order valence-electron chi connectivity index (χ4n) is 3.37. The van der Waals surface area contributed by atoms with Gasteiger partial charge < -0.3 is 16.0 Å². The van der Waals surface area contributed by atoms with Gasteiger partial charge in [-0.3, -0.25) is 14.5 Å². The average Bonchev–Trinajstić information content (AvgIpc) is 2.85. The molecule has 3 N–H and O–H groups in total. The number of carbonyl (C=O) groups is 1. The van der Waals surface area contributed by atoms with Gasteiger partial charge in [0, 0.05) is 45.3 Å².